The van der Waals surface area contributed by atoms with E-state index in [0.717, 1.165) is 15.7 Å². The van der Waals surface area contributed by atoms with Crippen molar-refractivity contribution in [2.24, 2.45) is 5.84 Å². The Morgan fingerprint density at radius 1 is 1.17 bits per heavy atom. The lowest BCUT2D eigenvalue weighted by molar-refractivity contribution is 1.12. The number of nitrogen functional groups attached to an aromatic ring is 1. The second-order valence-corrected chi connectivity index (χ2v) is 5.27. The van der Waals surface area contributed by atoms with Gasteiger partial charge in [0, 0.05) is 10.2 Å². The van der Waals surface area contributed by atoms with Crippen LogP contribution in [0.1, 0.15) is 5.56 Å². The highest BCUT2D eigenvalue weighted by Gasteiger charge is 2.08. The molecule has 0 amide bonds. The molecule has 18 heavy (non-hydrogen) atoms. The lowest BCUT2D eigenvalue weighted by atomic mass is 10.2. The SMILES string of the molecule is Cc1cc(Nc2ncnc(NN)c2Br)ccc1Br. The molecular weight excluding hydrogens is 362 g/mol. The highest BCUT2D eigenvalue weighted by molar-refractivity contribution is 9.11. The van der Waals surface area contributed by atoms with E-state index >= 15 is 0 Å². The zero-order valence-electron chi connectivity index (χ0n) is 9.54. The number of hydrogen-bond donors (Lipinski definition) is 3. The molecule has 0 saturated carbocycles. The quantitative estimate of drug-likeness (QED) is 0.569. The van der Waals surface area contributed by atoms with Crippen molar-refractivity contribution in [3.63, 3.8) is 0 Å². The molecule has 1 heterocycles. The van der Waals surface area contributed by atoms with Crippen molar-refractivity contribution in [3.8, 4) is 0 Å². The summed E-state index contributed by atoms with van der Waals surface area (Å²) in [7, 11) is 0. The van der Waals surface area contributed by atoms with E-state index in [1.165, 1.54) is 6.33 Å². The molecule has 0 unspecified atom stereocenters. The number of nitrogens with one attached hydrogen (secondary N) is 2. The van der Waals surface area contributed by atoms with E-state index in [2.05, 4.69) is 52.6 Å². The van der Waals surface area contributed by atoms with Crippen LogP contribution in [0.3, 0.4) is 0 Å². The first kappa shape index (κ1) is 13.3. The Kier molecular flexibility index (Phi) is 4.15. The Balaban J connectivity index is 2.31. The van der Waals surface area contributed by atoms with E-state index < -0.39 is 0 Å². The van der Waals surface area contributed by atoms with Gasteiger partial charge >= 0.3 is 0 Å². The topological polar surface area (TPSA) is 75.9 Å². The molecule has 0 aliphatic heterocycles. The van der Waals surface area contributed by atoms with Gasteiger partial charge in [0.05, 0.1) is 0 Å². The van der Waals surface area contributed by atoms with Crippen LogP contribution in [0.25, 0.3) is 0 Å². The van der Waals surface area contributed by atoms with Gasteiger partial charge in [0.1, 0.15) is 16.6 Å². The molecule has 4 N–H and O–H groups in total. The first-order valence-electron chi connectivity index (χ1n) is 5.12. The third-order valence-corrected chi connectivity index (χ3v) is 3.99. The zero-order chi connectivity index (χ0) is 13.1. The molecule has 7 heteroatoms. The minimum Gasteiger partial charge on any atom is -0.339 e. The van der Waals surface area contributed by atoms with E-state index in [0.29, 0.717) is 16.1 Å². The average molecular weight is 373 g/mol. The van der Waals surface area contributed by atoms with Gasteiger partial charge in [0.25, 0.3) is 0 Å². The molecule has 2 rings (SSSR count). The molecule has 0 atom stereocenters. The summed E-state index contributed by atoms with van der Waals surface area (Å²) in [4.78, 5) is 8.15. The monoisotopic (exact) mass is 371 g/mol. The number of hydrazine groups is 1. The predicted octanol–water partition coefficient (Wildman–Crippen LogP) is 3.34. The third-order valence-electron chi connectivity index (χ3n) is 2.35. The van der Waals surface area contributed by atoms with Gasteiger partial charge in [-0.3, -0.25) is 0 Å². The number of hydrogen-bond acceptors (Lipinski definition) is 5. The van der Waals surface area contributed by atoms with Crippen molar-refractivity contribution in [1.82, 2.24) is 9.97 Å². The molecule has 0 spiro atoms. The minimum absolute atomic E-state index is 0.529. The van der Waals surface area contributed by atoms with Crippen molar-refractivity contribution in [1.29, 1.82) is 0 Å². The van der Waals surface area contributed by atoms with Crippen molar-refractivity contribution < 1.29 is 0 Å². The van der Waals surface area contributed by atoms with Crippen molar-refractivity contribution >= 4 is 49.2 Å². The van der Waals surface area contributed by atoms with Crippen LogP contribution in [0, 0.1) is 6.92 Å². The maximum atomic E-state index is 5.35. The number of halogens is 2. The van der Waals surface area contributed by atoms with Crippen molar-refractivity contribution in [3.05, 3.63) is 39.0 Å². The summed E-state index contributed by atoms with van der Waals surface area (Å²) in [6, 6.07) is 5.96. The Morgan fingerprint density at radius 2 is 1.89 bits per heavy atom. The van der Waals surface area contributed by atoms with Gasteiger partial charge in [0.15, 0.2) is 5.82 Å². The number of anilines is 3. The maximum absolute atomic E-state index is 5.35. The molecule has 0 bridgehead atoms. The summed E-state index contributed by atoms with van der Waals surface area (Å²) >= 11 is 6.86. The number of nitrogens with two attached hydrogens (primary N) is 1. The van der Waals surface area contributed by atoms with Gasteiger partial charge in [-0.15, -0.1) is 0 Å². The van der Waals surface area contributed by atoms with E-state index in [1.54, 1.807) is 0 Å². The fraction of sp³-hybridized carbons (Fsp3) is 0.0909. The first-order valence-corrected chi connectivity index (χ1v) is 6.70. The van der Waals surface area contributed by atoms with Gasteiger partial charge in [-0.2, -0.15) is 0 Å². The molecule has 1 aromatic heterocycles. The van der Waals surface area contributed by atoms with Crippen molar-refractivity contribution in [2.75, 3.05) is 10.7 Å². The number of nitrogens with zero attached hydrogens (tertiary/aromatic N) is 2. The van der Waals surface area contributed by atoms with E-state index in [9.17, 15) is 0 Å². The van der Waals surface area contributed by atoms with E-state index in [1.807, 2.05) is 25.1 Å². The Morgan fingerprint density at radius 3 is 2.56 bits per heavy atom. The summed E-state index contributed by atoms with van der Waals surface area (Å²) in [5.74, 6) is 6.53. The van der Waals surface area contributed by atoms with E-state index in [-0.39, 0.29) is 0 Å². The molecular formula is C11H11Br2N5. The second kappa shape index (κ2) is 5.64. The molecule has 5 nitrogen and oxygen atoms in total. The lowest BCUT2D eigenvalue weighted by Crippen LogP contribution is -2.10. The van der Waals surface area contributed by atoms with Crippen LogP contribution in [0.5, 0.6) is 0 Å². The van der Waals surface area contributed by atoms with Gasteiger partial charge < -0.3 is 10.7 Å². The standard InChI is InChI=1S/C11H11Br2N5/c1-6-4-7(2-3-8(6)12)17-10-9(13)11(18-14)16-5-15-10/h2-5H,14H2,1H3,(H2,15,16,17,18). The van der Waals surface area contributed by atoms with Gasteiger partial charge in [0.2, 0.25) is 0 Å². The Labute approximate surface area is 121 Å². The largest absolute Gasteiger partial charge is 0.339 e. The van der Waals surface area contributed by atoms with Crippen LogP contribution in [-0.4, -0.2) is 9.97 Å². The minimum atomic E-state index is 0.529. The van der Waals surface area contributed by atoms with Gasteiger partial charge in [-0.25, -0.2) is 15.8 Å². The van der Waals surface area contributed by atoms with Gasteiger partial charge in [-0.1, -0.05) is 15.9 Å². The van der Waals surface area contributed by atoms with Crippen LogP contribution in [0.15, 0.2) is 33.5 Å². The fourth-order valence-corrected chi connectivity index (χ4v) is 2.08. The Bertz CT molecular complexity index is 573. The Hall–Kier alpha value is -1.18. The average Bonchev–Trinajstić information content (AvgIpc) is 2.36. The summed E-state index contributed by atoms with van der Waals surface area (Å²) in [5, 5.41) is 3.20. The normalized spacial score (nSPS) is 10.2. The molecule has 1 aromatic carbocycles. The van der Waals surface area contributed by atoms with Crippen LogP contribution < -0.4 is 16.6 Å². The lowest BCUT2D eigenvalue weighted by Gasteiger charge is -2.10. The van der Waals surface area contributed by atoms with Crippen LogP contribution >= 0.6 is 31.9 Å². The number of aryl methyl sites for hydroxylation is 1. The predicted molar refractivity (Wildman–Crippen MR) is 79.7 cm³/mol. The number of aromatic nitrogens is 2. The van der Waals surface area contributed by atoms with Crippen LogP contribution in [0.4, 0.5) is 17.3 Å². The van der Waals surface area contributed by atoms with Crippen molar-refractivity contribution in [2.45, 2.75) is 6.92 Å². The molecule has 0 saturated heterocycles. The number of benzene rings is 1. The molecule has 0 aliphatic rings. The number of rotatable bonds is 3. The molecule has 0 fully saturated rings. The summed E-state index contributed by atoms with van der Waals surface area (Å²) in [5.41, 5.74) is 4.58. The summed E-state index contributed by atoms with van der Waals surface area (Å²) in [6.07, 6.45) is 1.44. The zero-order valence-corrected chi connectivity index (χ0v) is 12.7. The summed E-state index contributed by atoms with van der Waals surface area (Å²) in [6.45, 7) is 2.02. The van der Waals surface area contributed by atoms with Crippen LogP contribution in [-0.2, 0) is 0 Å². The first-order chi connectivity index (χ1) is 8.61. The van der Waals surface area contributed by atoms with Gasteiger partial charge in [-0.05, 0) is 46.6 Å². The highest BCUT2D eigenvalue weighted by Crippen LogP contribution is 2.29. The maximum Gasteiger partial charge on any atom is 0.159 e. The smallest absolute Gasteiger partial charge is 0.159 e. The molecule has 0 radical (unpaired) electrons. The summed E-state index contributed by atoms with van der Waals surface area (Å²) < 4.78 is 1.76. The molecule has 0 aliphatic carbocycles. The molecule has 94 valence electrons. The highest BCUT2D eigenvalue weighted by atomic mass is 79.9. The molecule has 2 aromatic rings. The second-order valence-electron chi connectivity index (χ2n) is 3.62. The third kappa shape index (κ3) is 2.80. The van der Waals surface area contributed by atoms with E-state index in [4.69, 9.17) is 5.84 Å². The van der Waals surface area contributed by atoms with Crippen LogP contribution in [0.2, 0.25) is 0 Å². The fourth-order valence-electron chi connectivity index (χ4n) is 1.42.